The summed E-state index contributed by atoms with van der Waals surface area (Å²) in [5.74, 6) is 0. The average molecular weight is 540 g/mol. The second kappa shape index (κ2) is 59.7. The van der Waals surface area contributed by atoms with Gasteiger partial charge in [0.15, 0.2) is 0 Å². The van der Waals surface area contributed by atoms with Crippen LogP contribution in [0.3, 0.4) is 0 Å². The van der Waals surface area contributed by atoms with Gasteiger partial charge in [-0.15, -0.1) is 0 Å². The summed E-state index contributed by atoms with van der Waals surface area (Å²) >= 11 is 2.15. The van der Waals surface area contributed by atoms with Crippen molar-refractivity contribution in [2.24, 2.45) is 0 Å². The van der Waals surface area contributed by atoms with E-state index in [0.29, 0.717) is 0 Å². The van der Waals surface area contributed by atoms with E-state index >= 15 is 0 Å². The van der Waals surface area contributed by atoms with Gasteiger partial charge in [-0.05, 0) is 4.93 Å². The van der Waals surface area contributed by atoms with Crippen molar-refractivity contribution in [1.29, 1.82) is 0 Å². The molecule has 0 saturated carbocycles. The predicted molar refractivity (Wildman–Crippen MR) is 31.3 cm³/mol. The molecule has 0 bridgehead atoms. The molecule has 0 aliphatic rings. The maximum Gasteiger partial charge on any atom is 0 e. The second-order valence-corrected chi connectivity index (χ2v) is 0. The number of hydrogen-bond donors (Lipinski definition) is 0. The Bertz CT molecular complexity index is 8.75. The van der Waals surface area contributed by atoms with Crippen molar-refractivity contribution >= 4 is 22.6 Å². The molecule has 0 saturated heterocycles. The summed E-state index contributed by atoms with van der Waals surface area (Å²) in [5, 5.41) is 0. The molecule has 0 rings (SSSR count). The van der Waals surface area contributed by atoms with Gasteiger partial charge in [0.25, 0.3) is 0 Å². The molecule has 0 aliphatic carbocycles. The van der Waals surface area contributed by atoms with E-state index in [2.05, 4.69) is 22.6 Å². The van der Waals surface area contributed by atoms with Crippen molar-refractivity contribution in [2.45, 2.75) is 13.8 Å². The summed E-state index contributed by atoms with van der Waals surface area (Å²) in [4.78, 5) is 1.97. The van der Waals surface area contributed by atoms with Gasteiger partial charge in [0.1, 0.15) is 0 Å². The molecule has 6 heavy (non-hydrogen) atoms. The smallest absolute Gasteiger partial charge is 0 e. The molecule has 3 heteroatoms. The van der Waals surface area contributed by atoms with Gasteiger partial charge in [0, 0.05) is 42.1 Å². The molecule has 0 aromatic rings. The molecule has 0 atom stereocenters. The van der Waals surface area contributed by atoms with Gasteiger partial charge < -0.3 is 0 Å². The van der Waals surface area contributed by atoms with Gasteiger partial charge in [-0.25, -0.2) is 0 Å². The van der Waals surface area contributed by atoms with E-state index in [1.54, 1.807) is 0 Å². The first-order chi connectivity index (χ1) is 2.00. The average Bonchev–Trinajstić information content (AvgIpc) is 1.50. The topological polar surface area (TPSA) is 0 Å². The van der Waals surface area contributed by atoms with Crippen LogP contribution in [0.15, 0.2) is 0 Å². The minimum atomic E-state index is 0. The van der Waals surface area contributed by atoms with Crippen molar-refractivity contribution in [3.8, 4) is 0 Å². The summed E-state index contributed by atoms with van der Waals surface area (Å²) in [6.07, 6.45) is 0. The number of halogens is 1. The maximum atomic E-state index is 2.15. The normalized spacial score (nSPS) is 2.00. The van der Waals surface area contributed by atoms with Crippen molar-refractivity contribution in [3.63, 3.8) is 0 Å². The monoisotopic (exact) mass is 540 g/mol. The summed E-state index contributed by atoms with van der Waals surface area (Å²) in [6, 6.07) is 0. The molecule has 0 spiro atoms. The standard InChI is InChI=1S/C2H6.CH3I.2W/c2*1-2;;/h1-2H3;1H3;;. The fourth-order valence-corrected chi connectivity index (χ4v) is 0. The van der Waals surface area contributed by atoms with Crippen molar-refractivity contribution < 1.29 is 42.1 Å². The molecular formula is C3H9IW2. The van der Waals surface area contributed by atoms with Crippen LogP contribution in [-0.4, -0.2) is 4.93 Å². The Labute approximate surface area is 82.5 Å². The summed E-state index contributed by atoms with van der Waals surface area (Å²) in [6.45, 7) is 4.00. The third-order valence-electron chi connectivity index (χ3n) is 0. The third-order valence-corrected chi connectivity index (χ3v) is 0. The molecule has 0 fully saturated rings. The Kier molecular flexibility index (Phi) is 242. The molecule has 0 nitrogen and oxygen atoms in total. The van der Waals surface area contributed by atoms with E-state index in [1.807, 2.05) is 18.8 Å². The number of rotatable bonds is 0. The molecule has 0 amide bonds. The molecule has 0 aromatic heterocycles. The van der Waals surface area contributed by atoms with Gasteiger partial charge >= 0.3 is 0 Å². The SMILES string of the molecule is CC.CI.[W].[W]. The van der Waals surface area contributed by atoms with Crippen LogP contribution in [-0.2, 0) is 42.1 Å². The zero-order valence-corrected chi connectivity index (χ0v) is 12.2. The Morgan fingerprint density at radius 3 is 0.833 bits per heavy atom. The molecule has 40 valence electrons. The molecule has 0 heterocycles. The first kappa shape index (κ1) is 24.3. The van der Waals surface area contributed by atoms with Crippen LogP contribution >= 0.6 is 22.6 Å². The Morgan fingerprint density at radius 2 is 0.833 bits per heavy atom. The summed E-state index contributed by atoms with van der Waals surface area (Å²) in [7, 11) is 0. The third kappa shape index (κ3) is 35.9. The predicted octanol–water partition coefficient (Wildman–Crippen LogP) is 2.07. The van der Waals surface area contributed by atoms with E-state index in [1.165, 1.54) is 0 Å². The van der Waals surface area contributed by atoms with Gasteiger partial charge in [-0.3, -0.25) is 0 Å². The van der Waals surface area contributed by atoms with Crippen molar-refractivity contribution in [2.75, 3.05) is 4.93 Å². The van der Waals surface area contributed by atoms with E-state index in [4.69, 9.17) is 0 Å². The van der Waals surface area contributed by atoms with Crippen LogP contribution in [0.2, 0.25) is 0 Å². The number of alkyl halides is 1. The van der Waals surface area contributed by atoms with Gasteiger partial charge in [-0.1, -0.05) is 36.4 Å². The van der Waals surface area contributed by atoms with Crippen LogP contribution in [0, 0.1) is 0 Å². The Hall–Kier alpha value is 2.11. The molecule has 0 N–H and O–H groups in total. The quantitative estimate of drug-likeness (QED) is 0.327. The summed E-state index contributed by atoms with van der Waals surface area (Å²) < 4.78 is 0. The van der Waals surface area contributed by atoms with E-state index in [0.717, 1.165) is 0 Å². The summed E-state index contributed by atoms with van der Waals surface area (Å²) in [5.41, 5.74) is 0. The minimum absolute atomic E-state index is 0. The van der Waals surface area contributed by atoms with Gasteiger partial charge in [0.05, 0.1) is 0 Å². The Morgan fingerprint density at radius 1 is 0.833 bits per heavy atom. The maximum absolute atomic E-state index is 2.15. The van der Waals surface area contributed by atoms with Crippen molar-refractivity contribution in [1.82, 2.24) is 0 Å². The fourth-order valence-electron chi connectivity index (χ4n) is 0. The molecule has 0 unspecified atom stereocenters. The van der Waals surface area contributed by atoms with Crippen LogP contribution in [0.5, 0.6) is 0 Å². The molecule has 0 radical (unpaired) electrons. The minimum Gasteiger partial charge on any atom is -0.0901 e. The van der Waals surface area contributed by atoms with Crippen LogP contribution in [0.1, 0.15) is 13.8 Å². The van der Waals surface area contributed by atoms with Crippen LogP contribution in [0.25, 0.3) is 0 Å². The molecule has 0 aliphatic heterocycles. The van der Waals surface area contributed by atoms with E-state index in [-0.39, 0.29) is 42.1 Å². The first-order valence-electron chi connectivity index (χ1n) is 1.38. The Balaban J connectivity index is -0.00000000500. The van der Waals surface area contributed by atoms with Gasteiger partial charge in [-0.2, -0.15) is 0 Å². The molecule has 0 aromatic carbocycles. The first-order valence-corrected chi connectivity index (χ1v) is 3.54. The molecular weight excluding hydrogens is 531 g/mol. The zero-order valence-electron chi connectivity index (χ0n) is 4.19. The zero-order chi connectivity index (χ0) is 4.00. The number of hydrogen-bond acceptors (Lipinski definition) is 0. The van der Waals surface area contributed by atoms with Crippen LogP contribution in [0.4, 0.5) is 0 Å². The largest absolute Gasteiger partial charge is 0.0901 e. The van der Waals surface area contributed by atoms with Gasteiger partial charge in [0.2, 0.25) is 0 Å². The van der Waals surface area contributed by atoms with Crippen LogP contribution < -0.4 is 0 Å². The van der Waals surface area contributed by atoms with Crippen molar-refractivity contribution in [3.05, 3.63) is 0 Å². The second-order valence-electron chi connectivity index (χ2n) is 0. The fraction of sp³-hybridized carbons (Fsp3) is 1.00. The van der Waals surface area contributed by atoms with E-state index < -0.39 is 0 Å². The van der Waals surface area contributed by atoms with E-state index in [9.17, 15) is 0 Å².